The van der Waals surface area contributed by atoms with Crippen LogP contribution < -0.4 is 4.74 Å². The fourth-order valence-corrected chi connectivity index (χ4v) is 4.18. The average Bonchev–Trinajstić information content (AvgIpc) is 3.62. The number of aromatic nitrogens is 2. The van der Waals surface area contributed by atoms with E-state index in [1.807, 2.05) is 12.1 Å². The predicted molar refractivity (Wildman–Crippen MR) is 115 cm³/mol. The van der Waals surface area contributed by atoms with Crippen LogP contribution in [0.1, 0.15) is 41.4 Å². The summed E-state index contributed by atoms with van der Waals surface area (Å²) in [6.45, 7) is 3.08. The Morgan fingerprint density at radius 1 is 0.931 bits per heavy atom. The molecule has 0 atom stereocenters. The summed E-state index contributed by atoms with van der Waals surface area (Å²) in [6, 6.07) is 19.1. The molecule has 1 aliphatic heterocycles. The molecule has 2 aliphatic rings. The van der Waals surface area contributed by atoms with Crippen LogP contribution in [0.2, 0.25) is 0 Å². The second-order valence-electron chi connectivity index (χ2n) is 8.12. The molecule has 1 saturated carbocycles. The zero-order valence-corrected chi connectivity index (χ0v) is 17.0. The second-order valence-corrected chi connectivity index (χ2v) is 8.12. The lowest BCUT2D eigenvalue weighted by molar-refractivity contribution is 0.279. The molecule has 0 unspecified atom stereocenters. The number of hydrogen-bond acceptors (Lipinski definition) is 4. The van der Waals surface area contributed by atoms with Crippen LogP contribution in [0, 0.1) is 0 Å². The molecular formula is C25H27N3O. The van der Waals surface area contributed by atoms with Crippen molar-refractivity contribution in [2.75, 3.05) is 20.2 Å². The largest absolute Gasteiger partial charge is 0.497 e. The molecule has 148 valence electrons. The van der Waals surface area contributed by atoms with Gasteiger partial charge < -0.3 is 4.74 Å². The predicted octanol–water partition coefficient (Wildman–Crippen LogP) is 4.63. The number of rotatable bonds is 5. The van der Waals surface area contributed by atoms with Crippen molar-refractivity contribution in [2.45, 2.75) is 38.1 Å². The SMILES string of the molecule is COc1ccc(-c2nc(C3CC3)nc3c2CCN(Cc2ccccc2)CC3)cc1. The molecule has 0 amide bonds. The summed E-state index contributed by atoms with van der Waals surface area (Å²) in [6.07, 6.45) is 4.43. The molecule has 4 heteroatoms. The van der Waals surface area contributed by atoms with Crippen LogP contribution in [-0.4, -0.2) is 35.1 Å². The maximum atomic E-state index is 5.34. The third kappa shape index (κ3) is 4.03. The van der Waals surface area contributed by atoms with E-state index in [1.165, 1.54) is 35.2 Å². The Balaban J connectivity index is 1.46. The van der Waals surface area contributed by atoms with E-state index in [2.05, 4.69) is 47.4 Å². The van der Waals surface area contributed by atoms with Gasteiger partial charge in [-0.1, -0.05) is 30.3 Å². The van der Waals surface area contributed by atoms with Crippen LogP contribution in [0.5, 0.6) is 5.75 Å². The quantitative estimate of drug-likeness (QED) is 0.642. The minimum absolute atomic E-state index is 0.556. The average molecular weight is 386 g/mol. The summed E-state index contributed by atoms with van der Waals surface area (Å²) in [5.74, 6) is 2.48. The van der Waals surface area contributed by atoms with E-state index in [0.717, 1.165) is 49.7 Å². The topological polar surface area (TPSA) is 38.3 Å². The summed E-state index contributed by atoms with van der Waals surface area (Å²) in [5.41, 5.74) is 6.25. The van der Waals surface area contributed by atoms with Crippen molar-refractivity contribution in [1.82, 2.24) is 14.9 Å². The van der Waals surface area contributed by atoms with Crippen LogP contribution in [0.25, 0.3) is 11.3 Å². The maximum absolute atomic E-state index is 5.34. The first-order valence-corrected chi connectivity index (χ1v) is 10.6. The number of fused-ring (bicyclic) bond motifs is 1. The molecule has 29 heavy (non-hydrogen) atoms. The smallest absolute Gasteiger partial charge is 0.132 e. The van der Waals surface area contributed by atoms with Gasteiger partial charge in [0.2, 0.25) is 0 Å². The summed E-state index contributed by atoms with van der Waals surface area (Å²) in [5, 5.41) is 0. The third-order valence-electron chi connectivity index (χ3n) is 6.01. The first-order chi connectivity index (χ1) is 14.3. The lowest BCUT2D eigenvalue weighted by Crippen LogP contribution is -2.25. The van der Waals surface area contributed by atoms with E-state index < -0.39 is 0 Å². The fraction of sp³-hybridized carbons (Fsp3) is 0.360. The molecule has 0 N–H and O–H groups in total. The summed E-state index contributed by atoms with van der Waals surface area (Å²) < 4.78 is 5.34. The minimum Gasteiger partial charge on any atom is -0.497 e. The van der Waals surface area contributed by atoms with Crippen molar-refractivity contribution in [3.05, 3.63) is 77.2 Å². The van der Waals surface area contributed by atoms with Crippen LogP contribution in [0.3, 0.4) is 0 Å². The summed E-state index contributed by atoms with van der Waals surface area (Å²) in [4.78, 5) is 12.6. The van der Waals surface area contributed by atoms with Gasteiger partial charge in [-0.2, -0.15) is 0 Å². The third-order valence-corrected chi connectivity index (χ3v) is 6.01. The number of ether oxygens (including phenoxy) is 1. The zero-order chi connectivity index (χ0) is 19.6. The van der Waals surface area contributed by atoms with Gasteiger partial charge in [-0.05, 0) is 49.1 Å². The summed E-state index contributed by atoms with van der Waals surface area (Å²) in [7, 11) is 1.71. The molecule has 1 aliphatic carbocycles. The molecule has 5 rings (SSSR count). The molecule has 0 radical (unpaired) electrons. The van der Waals surface area contributed by atoms with Gasteiger partial charge >= 0.3 is 0 Å². The standard InChI is InChI=1S/C25H27N3O/c1-29-21-11-9-19(10-12-21)24-22-13-15-28(17-18-5-3-2-4-6-18)16-14-23(22)26-25(27-24)20-7-8-20/h2-6,9-12,20H,7-8,13-17H2,1H3. The van der Waals surface area contributed by atoms with E-state index in [9.17, 15) is 0 Å². The van der Waals surface area contributed by atoms with Gasteiger partial charge in [-0.3, -0.25) is 4.90 Å². The van der Waals surface area contributed by atoms with Gasteiger partial charge in [0, 0.05) is 48.8 Å². The molecule has 0 bridgehead atoms. The van der Waals surface area contributed by atoms with Crippen molar-refractivity contribution >= 4 is 0 Å². The van der Waals surface area contributed by atoms with E-state index in [0.29, 0.717) is 5.92 Å². The fourth-order valence-electron chi connectivity index (χ4n) is 4.18. The number of benzene rings is 2. The Morgan fingerprint density at radius 3 is 2.41 bits per heavy atom. The number of methoxy groups -OCH3 is 1. The van der Waals surface area contributed by atoms with Gasteiger partial charge in [-0.15, -0.1) is 0 Å². The number of hydrogen-bond donors (Lipinski definition) is 0. The van der Waals surface area contributed by atoms with Gasteiger partial charge in [-0.25, -0.2) is 9.97 Å². The highest BCUT2D eigenvalue weighted by Crippen LogP contribution is 2.40. The van der Waals surface area contributed by atoms with Crippen molar-refractivity contribution in [3.63, 3.8) is 0 Å². The molecule has 0 saturated heterocycles. The Hall–Kier alpha value is -2.72. The Morgan fingerprint density at radius 2 is 1.69 bits per heavy atom. The molecule has 4 nitrogen and oxygen atoms in total. The minimum atomic E-state index is 0.556. The Labute approximate surface area is 172 Å². The molecule has 1 fully saturated rings. The Kier molecular flexibility index (Phi) is 5.03. The normalized spacial score (nSPS) is 16.9. The van der Waals surface area contributed by atoms with Crippen LogP contribution in [0.4, 0.5) is 0 Å². The van der Waals surface area contributed by atoms with Crippen molar-refractivity contribution in [3.8, 4) is 17.0 Å². The highest BCUT2D eigenvalue weighted by atomic mass is 16.5. The van der Waals surface area contributed by atoms with Gasteiger partial charge in [0.15, 0.2) is 0 Å². The first kappa shape index (κ1) is 18.3. The second kappa shape index (κ2) is 7.96. The monoisotopic (exact) mass is 385 g/mol. The zero-order valence-electron chi connectivity index (χ0n) is 17.0. The highest BCUT2D eigenvalue weighted by molar-refractivity contribution is 5.65. The molecule has 3 aromatic rings. The van der Waals surface area contributed by atoms with Crippen LogP contribution in [-0.2, 0) is 19.4 Å². The highest BCUT2D eigenvalue weighted by Gasteiger charge is 2.29. The lowest BCUT2D eigenvalue weighted by atomic mass is 10.0. The van der Waals surface area contributed by atoms with Crippen LogP contribution in [0.15, 0.2) is 54.6 Å². The first-order valence-electron chi connectivity index (χ1n) is 10.6. The lowest BCUT2D eigenvalue weighted by Gasteiger charge is -2.19. The molecular weight excluding hydrogens is 358 g/mol. The molecule has 2 heterocycles. The maximum Gasteiger partial charge on any atom is 0.132 e. The van der Waals surface area contributed by atoms with Crippen molar-refractivity contribution in [1.29, 1.82) is 0 Å². The molecule has 2 aromatic carbocycles. The van der Waals surface area contributed by atoms with Crippen molar-refractivity contribution < 1.29 is 4.74 Å². The van der Waals surface area contributed by atoms with E-state index in [-0.39, 0.29) is 0 Å². The summed E-state index contributed by atoms with van der Waals surface area (Å²) >= 11 is 0. The van der Waals surface area contributed by atoms with Gasteiger partial charge in [0.1, 0.15) is 11.6 Å². The van der Waals surface area contributed by atoms with Gasteiger partial charge in [0.05, 0.1) is 12.8 Å². The molecule has 0 spiro atoms. The Bertz CT molecular complexity index is 981. The number of nitrogens with zero attached hydrogens (tertiary/aromatic N) is 3. The van der Waals surface area contributed by atoms with Crippen LogP contribution >= 0.6 is 0 Å². The van der Waals surface area contributed by atoms with E-state index in [1.54, 1.807) is 7.11 Å². The van der Waals surface area contributed by atoms with E-state index >= 15 is 0 Å². The van der Waals surface area contributed by atoms with Crippen molar-refractivity contribution in [2.24, 2.45) is 0 Å². The van der Waals surface area contributed by atoms with Gasteiger partial charge in [0.25, 0.3) is 0 Å². The van der Waals surface area contributed by atoms with E-state index in [4.69, 9.17) is 14.7 Å². The molecule has 1 aromatic heterocycles.